The lowest BCUT2D eigenvalue weighted by Crippen LogP contribution is -2.39. The highest BCUT2D eigenvalue weighted by atomic mass is 35.5. The molecule has 1 aromatic rings. The van der Waals surface area contributed by atoms with Crippen LogP contribution in [-0.4, -0.2) is 39.5 Å². The quantitative estimate of drug-likeness (QED) is 0.822. The summed E-state index contributed by atoms with van der Waals surface area (Å²) in [7, 11) is 0. The van der Waals surface area contributed by atoms with Crippen LogP contribution in [0, 0.1) is 0 Å². The Labute approximate surface area is 109 Å². The fraction of sp³-hybridized carbons (Fsp3) is 0.556. The van der Waals surface area contributed by atoms with Gasteiger partial charge in [0.05, 0.1) is 11.6 Å². The molecule has 0 aliphatic carbocycles. The molecule has 3 atom stereocenters. The molecule has 0 spiro atoms. The molecule has 3 unspecified atom stereocenters. The molecule has 1 fully saturated rings. The first-order valence-electron chi connectivity index (χ1n) is 5.11. The lowest BCUT2D eigenvalue weighted by molar-refractivity contribution is -0.111. The van der Waals surface area contributed by atoms with Gasteiger partial charge in [-0.25, -0.2) is 18.0 Å². The zero-order valence-corrected chi connectivity index (χ0v) is 10.0. The van der Waals surface area contributed by atoms with Crippen molar-refractivity contribution in [1.29, 1.82) is 0 Å². The summed E-state index contributed by atoms with van der Waals surface area (Å²) in [5.74, 6) is -4.23. The number of alkyl halides is 3. The minimum atomic E-state index is -3.92. The Morgan fingerprint density at radius 2 is 2.26 bits per heavy atom. The van der Waals surface area contributed by atoms with E-state index in [-0.39, 0.29) is 10.8 Å². The van der Waals surface area contributed by atoms with Gasteiger partial charge in [0.25, 0.3) is 0 Å². The third-order valence-electron chi connectivity index (χ3n) is 2.73. The van der Waals surface area contributed by atoms with E-state index in [2.05, 4.69) is 9.72 Å². The first-order chi connectivity index (χ1) is 8.78. The van der Waals surface area contributed by atoms with Crippen LogP contribution in [0.1, 0.15) is 6.23 Å². The van der Waals surface area contributed by atoms with E-state index in [0.717, 1.165) is 6.20 Å². The van der Waals surface area contributed by atoms with Crippen LogP contribution in [0.3, 0.4) is 0 Å². The molecular formula is C9H9ClF3N3O3. The Morgan fingerprint density at radius 1 is 1.63 bits per heavy atom. The summed E-state index contributed by atoms with van der Waals surface area (Å²) < 4.78 is 45.6. The lowest BCUT2D eigenvalue weighted by Gasteiger charge is -2.16. The SMILES string of the molecule is Nc1nc(=O)n(C2OC(CO)C(F)(F)C2F)cc1Cl. The van der Waals surface area contributed by atoms with E-state index in [1.54, 1.807) is 0 Å². The number of hydrogen-bond donors (Lipinski definition) is 2. The predicted molar refractivity (Wildman–Crippen MR) is 58.8 cm³/mol. The maximum absolute atomic E-state index is 13.7. The molecule has 19 heavy (non-hydrogen) atoms. The molecule has 2 rings (SSSR count). The summed E-state index contributed by atoms with van der Waals surface area (Å²) >= 11 is 5.59. The molecule has 2 heterocycles. The minimum Gasteiger partial charge on any atom is -0.393 e. The molecule has 1 saturated heterocycles. The lowest BCUT2D eigenvalue weighted by atomic mass is 10.1. The number of ether oxygens (including phenoxy) is 1. The monoisotopic (exact) mass is 299 g/mol. The van der Waals surface area contributed by atoms with E-state index in [1.165, 1.54) is 0 Å². The highest BCUT2D eigenvalue weighted by Crippen LogP contribution is 2.42. The van der Waals surface area contributed by atoms with Crippen LogP contribution in [0.15, 0.2) is 11.0 Å². The van der Waals surface area contributed by atoms with Crippen molar-refractivity contribution in [3.63, 3.8) is 0 Å². The number of nitrogens with zero attached hydrogens (tertiary/aromatic N) is 2. The van der Waals surface area contributed by atoms with E-state index in [4.69, 9.17) is 22.4 Å². The largest absolute Gasteiger partial charge is 0.393 e. The molecule has 1 aromatic heterocycles. The predicted octanol–water partition coefficient (Wildman–Crippen LogP) is 0.342. The van der Waals surface area contributed by atoms with Crippen molar-refractivity contribution < 1.29 is 23.0 Å². The molecule has 0 bridgehead atoms. The number of nitrogens with two attached hydrogens (primary N) is 1. The molecule has 0 saturated carbocycles. The van der Waals surface area contributed by atoms with Gasteiger partial charge in [-0.3, -0.25) is 4.57 Å². The summed E-state index contributed by atoms with van der Waals surface area (Å²) in [6.45, 7) is -1.09. The summed E-state index contributed by atoms with van der Waals surface area (Å²) in [5.41, 5.74) is 4.17. The van der Waals surface area contributed by atoms with E-state index in [9.17, 15) is 18.0 Å². The molecule has 106 valence electrons. The van der Waals surface area contributed by atoms with Gasteiger partial charge < -0.3 is 15.6 Å². The number of aromatic nitrogens is 2. The number of rotatable bonds is 2. The topological polar surface area (TPSA) is 90.4 Å². The van der Waals surface area contributed by atoms with Crippen LogP contribution in [0.4, 0.5) is 19.0 Å². The van der Waals surface area contributed by atoms with E-state index >= 15 is 0 Å². The van der Waals surface area contributed by atoms with Crippen LogP contribution in [-0.2, 0) is 4.74 Å². The van der Waals surface area contributed by atoms with Gasteiger partial charge in [0.15, 0.2) is 6.23 Å². The Kier molecular flexibility index (Phi) is 3.45. The van der Waals surface area contributed by atoms with Crippen molar-refractivity contribution >= 4 is 17.4 Å². The second-order valence-electron chi connectivity index (χ2n) is 3.94. The molecule has 0 aromatic carbocycles. The van der Waals surface area contributed by atoms with Gasteiger partial charge in [-0.05, 0) is 0 Å². The molecule has 3 N–H and O–H groups in total. The van der Waals surface area contributed by atoms with E-state index in [1.807, 2.05) is 0 Å². The Hall–Kier alpha value is -1.32. The second kappa shape index (κ2) is 4.66. The smallest absolute Gasteiger partial charge is 0.351 e. The third kappa shape index (κ3) is 2.17. The van der Waals surface area contributed by atoms with Crippen LogP contribution in [0.2, 0.25) is 5.02 Å². The highest BCUT2D eigenvalue weighted by Gasteiger charge is 2.60. The van der Waals surface area contributed by atoms with Crippen molar-refractivity contribution in [2.75, 3.05) is 12.3 Å². The van der Waals surface area contributed by atoms with Crippen molar-refractivity contribution in [2.45, 2.75) is 24.4 Å². The summed E-state index contributed by atoms with van der Waals surface area (Å²) in [5, 5.41) is 8.53. The van der Waals surface area contributed by atoms with Gasteiger partial charge in [-0.1, -0.05) is 11.6 Å². The maximum atomic E-state index is 13.7. The third-order valence-corrected chi connectivity index (χ3v) is 3.02. The van der Waals surface area contributed by atoms with Crippen molar-refractivity contribution in [3.05, 3.63) is 21.7 Å². The first kappa shape index (κ1) is 14.1. The average Bonchev–Trinajstić information content (AvgIpc) is 2.56. The number of nitrogen functional groups attached to an aromatic ring is 1. The Bertz CT molecular complexity index is 553. The van der Waals surface area contributed by atoms with Gasteiger partial charge in [0.1, 0.15) is 11.9 Å². The average molecular weight is 300 g/mol. The Balaban J connectivity index is 2.44. The second-order valence-corrected chi connectivity index (χ2v) is 4.35. The molecular weight excluding hydrogens is 291 g/mol. The van der Waals surface area contributed by atoms with Gasteiger partial charge >= 0.3 is 11.6 Å². The fourth-order valence-electron chi connectivity index (χ4n) is 1.71. The van der Waals surface area contributed by atoms with Gasteiger partial charge in [-0.15, -0.1) is 0 Å². The van der Waals surface area contributed by atoms with Gasteiger partial charge in [0.2, 0.25) is 6.17 Å². The van der Waals surface area contributed by atoms with Crippen LogP contribution in [0.25, 0.3) is 0 Å². The van der Waals surface area contributed by atoms with E-state index < -0.39 is 36.7 Å². The number of aliphatic hydroxyl groups is 1. The van der Waals surface area contributed by atoms with Crippen molar-refractivity contribution in [3.8, 4) is 0 Å². The Morgan fingerprint density at radius 3 is 2.79 bits per heavy atom. The minimum absolute atomic E-state index is 0.203. The van der Waals surface area contributed by atoms with Gasteiger partial charge in [-0.2, -0.15) is 4.98 Å². The molecule has 6 nitrogen and oxygen atoms in total. The molecule has 0 radical (unpaired) electrons. The van der Waals surface area contributed by atoms with Crippen LogP contribution < -0.4 is 11.4 Å². The fourth-order valence-corrected chi connectivity index (χ4v) is 1.85. The van der Waals surface area contributed by atoms with Crippen molar-refractivity contribution in [1.82, 2.24) is 9.55 Å². The zero-order chi connectivity index (χ0) is 14.4. The molecule has 0 amide bonds. The maximum Gasteiger partial charge on any atom is 0.351 e. The molecule has 1 aliphatic heterocycles. The normalized spacial score (nSPS) is 29.6. The van der Waals surface area contributed by atoms with Gasteiger partial charge in [0, 0.05) is 6.20 Å². The van der Waals surface area contributed by atoms with Crippen LogP contribution >= 0.6 is 11.6 Å². The number of hydrogen-bond acceptors (Lipinski definition) is 5. The summed E-state index contributed by atoms with van der Waals surface area (Å²) in [6.07, 6.45) is -5.93. The standard InChI is InChI=1S/C9H9ClF3N3O3/c10-3-1-16(8(18)15-6(3)14)7-5(11)9(12,13)4(2-17)19-7/h1,4-5,7,17H,2H2,(H2,14,15,18). The number of aliphatic hydroxyl groups excluding tert-OH is 1. The summed E-state index contributed by atoms with van der Waals surface area (Å²) in [4.78, 5) is 14.7. The van der Waals surface area contributed by atoms with E-state index in [0.29, 0.717) is 4.57 Å². The number of anilines is 1. The molecule has 10 heteroatoms. The number of halogens is 4. The van der Waals surface area contributed by atoms with Crippen LogP contribution in [0.5, 0.6) is 0 Å². The summed E-state index contributed by atoms with van der Waals surface area (Å²) in [6, 6.07) is 0. The van der Waals surface area contributed by atoms with Crippen molar-refractivity contribution in [2.24, 2.45) is 0 Å². The zero-order valence-electron chi connectivity index (χ0n) is 9.26. The highest BCUT2D eigenvalue weighted by molar-refractivity contribution is 6.32. The first-order valence-corrected chi connectivity index (χ1v) is 5.49. The molecule has 1 aliphatic rings.